The van der Waals surface area contributed by atoms with Crippen molar-refractivity contribution in [1.82, 2.24) is 4.90 Å². The highest BCUT2D eigenvalue weighted by atomic mass is 16.3. The molecule has 0 atom stereocenters. The molecule has 96 valence electrons. The molecule has 2 heteroatoms. The molecule has 0 amide bonds. The zero-order valence-corrected chi connectivity index (χ0v) is 11.3. The molecule has 1 aliphatic carbocycles. The van der Waals surface area contributed by atoms with E-state index in [1.807, 2.05) is 0 Å². The van der Waals surface area contributed by atoms with Gasteiger partial charge in [0.25, 0.3) is 0 Å². The first kappa shape index (κ1) is 14.0. The first-order chi connectivity index (χ1) is 7.67. The molecule has 1 N–H and O–H groups in total. The lowest BCUT2D eigenvalue weighted by atomic mass is 9.74. The van der Waals surface area contributed by atoms with Crippen molar-refractivity contribution in [2.75, 3.05) is 20.2 Å². The minimum absolute atomic E-state index is 0.204. The fraction of sp³-hybridized carbons (Fsp3) is 1.00. The highest BCUT2D eigenvalue weighted by molar-refractivity contribution is 4.86. The molecule has 0 aromatic carbocycles. The molecule has 0 unspecified atom stereocenters. The van der Waals surface area contributed by atoms with Crippen molar-refractivity contribution in [3.8, 4) is 0 Å². The van der Waals surface area contributed by atoms with Gasteiger partial charge in [-0.05, 0) is 32.7 Å². The van der Waals surface area contributed by atoms with Crippen LogP contribution in [0.15, 0.2) is 0 Å². The molecule has 16 heavy (non-hydrogen) atoms. The smallest absolute Gasteiger partial charge is 0.0499 e. The summed E-state index contributed by atoms with van der Waals surface area (Å²) in [5, 5.41) is 9.69. The third-order valence-electron chi connectivity index (χ3n) is 4.40. The highest BCUT2D eigenvalue weighted by Crippen LogP contribution is 2.36. The Bertz CT molecular complexity index is 183. The fourth-order valence-electron chi connectivity index (χ4n) is 3.24. The zero-order valence-electron chi connectivity index (χ0n) is 11.3. The lowest BCUT2D eigenvalue weighted by Crippen LogP contribution is -2.43. The van der Waals surface area contributed by atoms with Crippen LogP contribution in [0.3, 0.4) is 0 Å². The lowest BCUT2D eigenvalue weighted by molar-refractivity contribution is 0.0342. The molecule has 1 rings (SSSR count). The molecule has 0 spiro atoms. The molecule has 0 heterocycles. The first-order valence-electron chi connectivity index (χ1n) is 6.98. The van der Waals surface area contributed by atoms with Crippen LogP contribution >= 0.6 is 0 Å². The molecule has 0 saturated heterocycles. The van der Waals surface area contributed by atoms with Crippen molar-refractivity contribution < 1.29 is 5.11 Å². The molecular formula is C14H29NO. The van der Waals surface area contributed by atoms with Gasteiger partial charge in [-0.25, -0.2) is 0 Å². The van der Waals surface area contributed by atoms with Gasteiger partial charge < -0.3 is 10.0 Å². The van der Waals surface area contributed by atoms with Crippen LogP contribution in [-0.4, -0.2) is 36.2 Å². The van der Waals surface area contributed by atoms with Crippen LogP contribution in [0.2, 0.25) is 0 Å². The predicted octanol–water partition coefficient (Wildman–Crippen LogP) is 3.05. The van der Waals surface area contributed by atoms with E-state index >= 15 is 0 Å². The Labute approximate surface area is 101 Å². The van der Waals surface area contributed by atoms with Crippen LogP contribution in [0.25, 0.3) is 0 Å². The van der Waals surface area contributed by atoms with Crippen molar-refractivity contribution in [1.29, 1.82) is 0 Å². The molecule has 1 saturated carbocycles. The normalized spacial score (nSPS) is 20.6. The zero-order chi connectivity index (χ0) is 12.0. The molecule has 0 bridgehead atoms. The second-order valence-corrected chi connectivity index (χ2v) is 5.60. The van der Waals surface area contributed by atoms with Gasteiger partial charge >= 0.3 is 0 Å². The summed E-state index contributed by atoms with van der Waals surface area (Å²) in [5.74, 6) is 0. The standard InChI is InChI=1S/C14H29NO/c1-4-13(5-2)15(3)11-14(12-16)9-7-6-8-10-14/h13,16H,4-12H2,1-3H3. The van der Waals surface area contributed by atoms with Crippen LogP contribution in [0.1, 0.15) is 58.8 Å². The minimum atomic E-state index is 0.204. The molecule has 0 aromatic rings. The minimum Gasteiger partial charge on any atom is -0.396 e. The summed E-state index contributed by atoms with van der Waals surface area (Å²) in [6, 6.07) is 0.686. The van der Waals surface area contributed by atoms with E-state index in [4.69, 9.17) is 0 Å². The summed E-state index contributed by atoms with van der Waals surface area (Å²) in [5.41, 5.74) is 0.204. The van der Waals surface area contributed by atoms with Gasteiger partial charge in [-0.15, -0.1) is 0 Å². The van der Waals surface area contributed by atoms with Crippen LogP contribution in [0, 0.1) is 5.41 Å². The molecular weight excluding hydrogens is 198 g/mol. The lowest BCUT2D eigenvalue weighted by Gasteiger charge is -2.41. The highest BCUT2D eigenvalue weighted by Gasteiger charge is 2.33. The van der Waals surface area contributed by atoms with Crippen LogP contribution in [-0.2, 0) is 0 Å². The third kappa shape index (κ3) is 3.46. The molecule has 1 aliphatic rings. The second-order valence-electron chi connectivity index (χ2n) is 5.60. The summed E-state index contributed by atoms with van der Waals surface area (Å²) in [7, 11) is 2.23. The van der Waals surface area contributed by atoms with E-state index in [1.54, 1.807) is 0 Å². The summed E-state index contributed by atoms with van der Waals surface area (Å²) in [6.45, 7) is 5.97. The Morgan fingerprint density at radius 3 is 2.12 bits per heavy atom. The van der Waals surface area contributed by atoms with E-state index in [-0.39, 0.29) is 5.41 Å². The average Bonchev–Trinajstić information content (AvgIpc) is 2.32. The quantitative estimate of drug-likeness (QED) is 0.754. The molecule has 1 fully saturated rings. The monoisotopic (exact) mass is 227 g/mol. The maximum atomic E-state index is 9.69. The van der Waals surface area contributed by atoms with Gasteiger partial charge in [-0.3, -0.25) is 0 Å². The van der Waals surface area contributed by atoms with Gasteiger partial charge in [0.1, 0.15) is 0 Å². The Hall–Kier alpha value is -0.0800. The summed E-state index contributed by atoms with van der Waals surface area (Å²) < 4.78 is 0. The van der Waals surface area contributed by atoms with Crippen molar-refractivity contribution in [3.63, 3.8) is 0 Å². The Balaban J connectivity index is 2.54. The molecule has 0 radical (unpaired) electrons. The Morgan fingerprint density at radius 1 is 1.12 bits per heavy atom. The number of hydrogen-bond donors (Lipinski definition) is 1. The molecule has 0 aliphatic heterocycles. The van der Waals surface area contributed by atoms with E-state index < -0.39 is 0 Å². The summed E-state index contributed by atoms with van der Waals surface area (Å²) in [6.07, 6.45) is 8.83. The first-order valence-corrected chi connectivity index (χ1v) is 6.98. The predicted molar refractivity (Wildman–Crippen MR) is 69.6 cm³/mol. The van der Waals surface area contributed by atoms with Gasteiger partial charge in [0.05, 0.1) is 0 Å². The van der Waals surface area contributed by atoms with Gasteiger partial charge in [0.15, 0.2) is 0 Å². The van der Waals surface area contributed by atoms with Gasteiger partial charge in [0, 0.05) is 24.6 Å². The number of aliphatic hydroxyl groups is 1. The molecule has 0 aromatic heterocycles. The van der Waals surface area contributed by atoms with Gasteiger partial charge in [-0.2, -0.15) is 0 Å². The van der Waals surface area contributed by atoms with E-state index in [0.717, 1.165) is 6.54 Å². The second kappa shape index (κ2) is 6.61. The van der Waals surface area contributed by atoms with E-state index in [2.05, 4.69) is 25.8 Å². The third-order valence-corrected chi connectivity index (χ3v) is 4.40. The fourth-order valence-corrected chi connectivity index (χ4v) is 3.24. The summed E-state index contributed by atoms with van der Waals surface area (Å²) >= 11 is 0. The van der Waals surface area contributed by atoms with Gasteiger partial charge in [0.2, 0.25) is 0 Å². The average molecular weight is 227 g/mol. The van der Waals surface area contributed by atoms with Crippen LogP contribution in [0.5, 0.6) is 0 Å². The number of rotatable bonds is 6. The Kier molecular flexibility index (Phi) is 5.77. The van der Waals surface area contributed by atoms with Crippen molar-refractivity contribution >= 4 is 0 Å². The Morgan fingerprint density at radius 2 is 1.69 bits per heavy atom. The van der Waals surface area contributed by atoms with E-state index in [9.17, 15) is 5.11 Å². The maximum absolute atomic E-state index is 9.69. The number of hydrogen-bond acceptors (Lipinski definition) is 2. The van der Waals surface area contributed by atoms with Crippen LogP contribution < -0.4 is 0 Å². The van der Waals surface area contributed by atoms with Crippen molar-refractivity contribution in [2.45, 2.75) is 64.8 Å². The van der Waals surface area contributed by atoms with Crippen molar-refractivity contribution in [3.05, 3.63) is 0 Å². The largest absolute Gasteiger partial charge is 0.396 e. The van der Waals surface area contributed by atoms with E-state index in [0.29, 0.717) is 12.6 Å². The summed E-state index contributed by atoms with van der Waals surface area (Å²) in [4.78, 5) is 2.47. The van der Waals surface area contributed by atoms with Crippen LogP contribution in [0.4, 0.5) is 0 Å². The topological polar surface area (TPSA) is 23.5 Å². The van der Waals surface area contributed by atoms with Crippen molar-refractivity contribution in [2.24, 2.45) is 5.41 Å². The SMILES string of the molecule is CCC(CC)N(C)CC1(CO)CCCCC1. The molecule has 2 nitrogen and oxygen atoms in total. The maximum Gasteiger partial charge on any atom is 0.0499 e. The number of nitrogens with zero attached hydrogens (tertiary/aromatic N) is 1. The van der Waals surface area contributed by atoms with Gasteiger partial charge in [-0.1, -0.05) is 33.1 Å². The number of aliphatic hydroxyl groups excluding tert-OH is 1. The van der Waals surface area contributed by atoms with E-state index in [1.165, 1.54) is 44.9 Å².